The number of carbonyl (C=O) groups is 1. The molecule has 1 amide bonds. The molecule has 2 atom stereocenters. The van der Waals surface area contributed by atoms with Crippen molar-refractivity contribution < 1.29 is 19.4 Å². The van der Waals surface area contributed by atoms with Crippen molar-refractivity contribution in [2.75, 3.05) is 46.1 Å². The zero-order valence-corrected chi connectivity index (χ0v) is 13.3. The monoisotopic (exact) mass is 302 g/mol. The van der Waals surface area contributed by atoms with E-state index in [-0.39, 0.29) is 18.6 Å². The van der Waals surface area contributed by atoms with Crippen LogP contribution in [0, 0.1) is 0 Å². The molecule has 1 aliphatic heterocycles. The van der Waals surface area contributed by atoms with Crippen LogP contribution in [0.15, 0.2) is 0 Å². The number of rotatable bonds is 10. The number of ether oxygens (including phenoxy) is 2. The zero-order valence-electron chi connectivity index (χ0n) is 13.3. The summed E-state index contributed by atoms with van der Waals surface area (Å²) in [6.45, 7) is 7.79. The zero-order chi connectivity index (χ0) is 15.5. The molecule has 0 aromatic carbocycles. The molecular formula is C15H30N2O4. The fourth-order valence-corrected chi connectivity index (χ4v) is 2.33. The van der Waals surface area contributed by atoms with Gasteiger partial charge >= 0.3 is 0 Å². The van der Waals surface area contributed by atoms with Crippen molar-refractivity contribution in [2.45, 2.75) is 45.3 Å². The first-order valence-corrected chi connectivity index (χ1v) is 8.00. The highest BCUT2D eigenvalue weighted by atomic mass is 16.5. The fourth-order valence-electron chi connectivity index (χ4n) is 2.33. The third kappa shape index (κ3) is 7.76. The molecule has 124 valence electrons. The molecule has 6 nitrogen and oxygen atoms in total. The summed E-state index contributed by atoms with van der Waals surface area (Å²) < 4.78 is 10.4. The average Bonchev–Trinajstić information content (AvgIpc) is 2.52. The summed E-state index contributed by atoms with van der Waals surface area (Å²) in [6, 6.07) is -0.263. The SMILES string of the molecule is CCOCCOCC(O)CNC(C)C(=O)N1CCCCC1. The van der Waals surface area contributed by atoms with E-state index in [2.05, 4.69) is 5.32 Å². The largest absolute Gasteiger partial charge is 0.389 e. The molecule has 21 heavy (non-hydrogen) atoms. The van der Waals surface area contributed by atoms with E-state index in [0.29, 0.717) is 26.4 Å². The highest BCUT2D eigenvalue weighted by molar-refractivity contribution is 5.81. The number of hydrogen-bond donors (Lipinski definition) is 2. The Labute approximate surface area is 127 Å². The van der Waals surface area contributed by atoms with Crippen LogP contribution in [0.4, 0.5) is 0 Å². The van der Waals surface area contributed by atoms with E-state index in [1.807, 2.05) is 18.7 Å². The second-order valence-corrected chi connectivity index (χ2v) is 5.44. The number of carbonyl (C=O) groups excluding carboxylic acids is 1. The maximum absolute atomic E-state index is 12.2. The second-order valence-electron chi connectivity index (χ2n) is 5.44. The normalized spacial score (nSPS) is 18.5. The fraction of sp³-hybridized carbons (Fsp3) is 0.933. The van der Waals surface area contributed by atoms with Crippen molar-refractivity contribution in [3.05, 3.63) is 0 Å². The highest BCUT2D eigenvalue weighted by Crippen LogP contribution is 2.09. The van der Waals surface area contributed by atoms with Crippen molar-refractivity contribution in [1.29, 1.82) is 0 Å². The Bertz CT molecular complexity index is 283. The molecule has 2 unspecified atom stereocenters. The number of aliphatic hydroxyl groups is 1. The molecule has 0 aromatic heterocycles. The van der Waals surface area contributed by atoms with Gasteiger partial charge in [0.1, 0.15) is 0 Å². The van der Waals surface area contributed by atoms with Crippen LogP contribution in [0.3, 0.4) is 0 Å². The Kier molecular flexibility index (Phi) is 9.58. The number of aliphatic hydroxyl groups excluding tert-OH is 1. The van der Waals surface area contributed by atoms with Gasteiger partial charge < -0.3 is 24.8 Å². The molecule has 0 saturated carbocycles. The molecule has 0 bridgehead atoms. The minimum absolute atomic E-state index is 0.124. The van der Waals surface area contributed by atoms with Gasteiger partial charge in [0.05, 0.1) is 32.0 Å². The van der Waals surface area contributed by atoms with Crippen molar-refractivity contribution in [2.24, 2.45) is 0 Å². The summed E-state index contributed by atoms with van der Waals surface area (Å²) in [6.07, 6.45) is 2.79. The molecule has 1 saturated heterocycles. The van der Waals surface area contributed by atoms with Gasteiger partial charge in [-0.15, -0.1) is 0 Å². The van der Waals surface area contributed by atoms with Crippen molar-refractivity contribution >= 4 is 5.91 Å². The number of amides is 1. The molecule has 0 radical (unpaired) electrons. The predicted octanol–water partition coefficient (Wildman–Crippen LogP) is 0.391. The summed E-state index contributed by atoms with van der Waals surface area (Å²) in [5.41, 5.74) is 0. The van der Waals surface area contributed by atoms with E-state index in [1.54, 1.807) is 0 Å². The minimum atomic E-state index is -0.608. The van der Waals surface area contributed by atoms with Gasteiger partial charge in [0.15, 0.2) is 0 Å². The number of nitrogens with one attached hydrogen (secondary N) is 1. The van der Waals surface area contributed by atoms with Crippen LogP contribution in [0.1, 0.15) is 33.1 Å². The predicted molar refractivity (Wildman–Crippen MR) is 81.2 cm³/mol. The Morgan fingerprint density at radius 3 is 2.57 bits per heavy atom. The lowest BCUT2D eigenvalue weighted by Gasteiger charge is -2.29. The molecule has 0 aromatic rings. The van der Waals surface area contributed by atoms with Crippen LogP contribution in [-0.4, -0.2) is 74.1 Å². The Morgan fingerprint density at radius 2 is 1.90 bits per heavy atom. The number of piperidine rings is 1. The van der Waals surface area contributed by atoms with Gasteiger partial charge in [0.25, 0.3) is 0 Å². The first kappa shape index (κ1) is 18.4. The van der Waals surface area contributed by atoms with Gasteiger partial charge in [-0.3, -0.25) is 4.79 Å². The van der Waals surface area contributed by atoms with Gasteiger partial charge in [0, 0.05) is 26.2 Å². The van der Waals surface area contributed by atoms with E-state index >= 15 is 0 Å². The molecule has 0 spiro atoms. The summed E-state index contributed by atoms with van der Waals surface area (Å²) in [7, 11) is 0. The smallest absolute Gasteiger partial charge is 0.239 e. The minimum Gasteiger partial charge on any atom is -0.389 e. The van der Waals surface area contributed by atoms with E-state index < -0.39 is 6.10 Å². The topological polar surface area (TPSA) is 71.0 Å². The van der Waals surface area contributed by atoms with Crippen LogP contribution < -0.4 is 5.32 Å². The van der Waals surface area contributed by atoms with Gasteiger partial charge in [-0.05, 0) is 33.1 Å². The van der Waals surface area contributed by atoms with Crippen molar-refractivity contribution in [3.8, 4) is 0 Å². The molecule has 0 aliphatic carbocycles. The summed E-state index contributed by atoms with van der Waals surface area (Å²) in [5.74, 6) is 0.124. The maximum Gasteiger partial charge on any atom is 0.239 e. The summed E-state index contributed by atoms with van der Waals surface area (Å²) in [4.78, 5) is 14.1. The lowest BCUT2D eigenvalue weighted by Crippen LogP contribution is -2.48. The highest BCUT2D eigenvalue weighted by Gasteiger charge is 2.22. The first-order valence-electron chi connectivity index (χ1n) is 8.00. The first-order chi connectivity index (χ1) is 10.1. The maximum atomic E-state index is 12.2. The Morgan fingerprint density at radius 1 is 1.24 bits per heavy atom. The van der Waals surface area contributed by atoms with E-state index in [1.165, 1.54) is 6.42 Å². The third-order valence-corrected chi connectivity index (χ3v) is 3.58. The molecule has 1 fully saturated rings. The number of nitrogens with zero attached hydrogens (tertiary/aromatic N) is 1. The van der Waals surface area contributed by atoms with Gasteiger partial charge in [-0.1, -0.05) is 0 Å². The number of hydrogen-bond acceptors (Lipinski definition) is 5. The van der Waals surface area contributed by atoms with E-state index in [9.17, 15) is 9.90 Å². The second kappa shape index (κ2) is 11.0. The van der Waals surface area contributed by atoms with Crippen LogP contribution in [0.2, 0.25) is 0 Å². The Balaban J connectivity index is 2.10. The van der Waals surface area contributed by atoms with Crippen molar-refractivity contribution in [3.63, 3.8) is 0 Å². The number of likely N-dealkylation sites (tertiary alicyclic amines) is 1. The summed E-state index contributed by atoms with van der Waals surface area (Å²) >= 11 is 0. The van der Waals surface area contributed by atoms with Crippen LogP contribution in [0.5, 0.6) is 0 Å². The van der Waals surface area contributed by atoms with Gasteiger partial charge in [-0.25, -0.2) is 0 Å². The van der Waals surface area contributed by atoms with Crippen molar-refractivity contribution in [1.82, 2.24) is 10.2 Å². The standard InChI is InChI=1S/C15H30N2O4/c1-3-20-9-10-21-12-14(18)11-16-13(2)15(19)17-7-5-4-6-8-17/h13-14,16,18H,3-12H2,1-2H3. The Hall–Kier alpha value is -0.690. The van der Waals surface area contributed by atoms with Crippen LogP contribution >= 0.6 is 0 Å². The van der Waals surface area contributed by atoms with E-state index in [4.69, 9.17) is 9.47 Å². The van der Waals surface area contributed by atoms with E-state index in [0.717, 1.165) is 25.9 Å². The molecule has 1 rings (SSSR count). The van der Waals surface area contributed by atoms with Crippen LogP contribution in [-0.2, 0) is 14.3 Å². The molecule has 2 N–H and O–H groups in total. The third-order valence-electron chi connectivity index (χ3n) is 3.58. The lowest BCUT2D eigenvalue weighted by atomic mass is 10.1. The van der Waals surface area contributed by atoms with Gasteiger partial charge in [-0.2, -0.15) is 0 Å². The average molecular weight is 302 g/mol. The summed E-state index contributed by atoms with van der Waals surface area (Å²) in [5, 5.41) is 12.9. The quantitative estimate of drug-likeness (QED) is 0.571. The lowest BCUT2D eigenvalue weighted by molar-refractivity contribution is -0.134. The molecule has 6 heteroatoms. The van der Waals surface area contributed by atoms with Crippen LogP contribution in [0.25, 0.3) is 0 Å². The molecular weight excluding hydrogens is 272 g/mol. The molecule has 1 aliphatic rings. The van der Waals surface area contributed by atoms with Gasteiger partial charge in [0.2, 0.25) is 5.91 Å². The molecule has 1 heterocycles.